The summed E-state index contributed by atoms with van der Waals surface area (Å²) < 4.78 is 0. The summed E-state index contributed by atoms with van der Waals surface area (Å²) >= 11 is 0. The molecule has 1 aromatic carbocycles. The zero-order chi connectivity index (χ0) is 14.1. The number of carbonyl (C=O) groups excluding carboxylic acids is 1. The molecule has 0 aliphatic rings. The Morgan fingerprint density at radius 1 is 1.16 bits per heavy atom. The molecule has 0 aliphatic heterocycles. The summed E-state index contributed by atoms with van der Waals surface area (Å²) in [7, 11) is 0. The van der Waals surface area contributed by atoms with E-state index in [1.807, 2.05) is 24.3 Å². The topological polar surface area (TPSA) is 41.1 Å². The molecule has 0 saturated carbocycles. The van der Waals surface area contributed by atoms with Crippen LogP contribution in [0.2, 0.25) is 0 Å². The molecule has 0 radical (unpaired) electrons. The molecule has 0 atom stereocenters. The summed E-state index contributed by atoms with van der Waals surface area (Å²) in [6.07, 6.45) is 3.25. The third kappa shape index (κ3) is 4.93. The number of carbonyl (C=O) groups is 1. The van der Waals surface area contributed by atoms with E-state index >= 15 is 0 Å². The van der Waals surface area contributed by atoms with Gasteiger partial charge in [-0.2, -0.15) is 0 Å². The maximum absolute atomic E-state index is 12.2. The molecule has 3 nitrogen and oxygen atoms in total. The summed E-state index contributed by atoms with van der Waals surface area (Å²) in [5, 5.41) is 6.34. The highest BCUT2D eigenvalue weighted by Gasteiger charge is 2.11. The van der Waals surface area contributed by atoms with Crippen molar-refractivity contribution >= 4 is 11.6 Å². The number of nitrogens with one attached hydrogen (secondary N) is 2. The Morgan fingerprint density at radius 2 is 1.84 bits per heavy atom. The van der Waals surface area contributed by atoms with Crippen LogP contribution in [0, 0.1) is 5.92 Å². The van der Waals surface area contributed by atoms with Crippen molar-refractivity contribution in [2.45, 2.75) is 40.0 Å². The molecule has 1 amide bonds. The maximum atomic E-state index is 12.2. The summed E-state index contributed by atoms with van der Waals surface area (Å²) in [6.45, 7) is 8.09. The van der Waals surface area contributed by atoms with Crippen LogP contribution in [0.1, 0.15) is 50.4 Å². The zero-order valence-electron chi connectivity index (χ0n) is 12.3. The van der Waals surface area contributed by atoms with Gasteiger partial charge in [-0.3, -0.25) is 4.79 Å². The fourth-order valence-corrected chi connectivity index (χ4v) is 2.00. The molecule has 0 spiro atoms. The van der Waals surface area contributed by atoms with Crippen molar-refractivity contribution in [1.82, 2.24) is 5.32 Å². The second kappa shape index (κ2) is 8.57. The van der Waals surface area contributed by atoms with Crippen molar-refractivity contribution in [1.29, 1.82) is 0 Å². The Balaban J connectivity index is 2.65. The van der Waals surface area contributed by atoms with E-state index in [9.17, 15) is 4.79 Å². The number of benzene rings is 1. The average molecular weight is 262 g/mol. The molecule has 0 aromatic heterocycles. The number of rotatable bonds is 8. The van der Waals surface area contributed by atoms with Crippen LogP contribution in [0.3, 0.4) is 0 Å². The van der Waals surface area contributed by atoms with E-state index in [2.05, 4.69) is 31.4 Å². The van der Waals surface area contributed by atoms with E-state index in [0.717, 1.165) is 43.6 Å². The number of para-hydroxylation sites is 1. The molecular formula is C16H26N2O. The smallest absolute Gasteiger partial charge is 0.253 e. The minimum atomic E-state index is 0.0195. The van der Waals surface area contributed by atoms with Gasteiger partial charge in [-0.15, -0.1) is 0 Å². The van der Waals surface area contributed by atoms with E-state index in [-0.39, 0.29) is 5.91 Å². The van der Waals surface area contributed by atoms with Crippen molar-refractivity contribution in [3.63, 3.8) is 0 Å². The fourth-order valence-electron chi connectivity index (χ4n) is 2.00. The first-order valence-electron chi connectivity index (χ1n) is 7.33. The highest BCUT2D eigenvalue weighted by molar-refractivity contribution is 5.99. The molecule has 0 heterocycles. The van der Waals surface area contributed by atoms with Crippen molar-refractivity contribution in [3.8, 4) is 0 Å². The molecule has 3 heteroatoms. The molecule has 0 aliphatic carbocycles. The van der Waals surface area contributed by atoms with Gasteiger partial charge in [0.05, 0.1) is 5.56 Å². The van der Waals surface area contributed by atoms with Crippen LogP contribution >= 0.6 is 0 Å². The van der Waals surface area contributed by atoms with Crippen LogP contribution < -0.4 is 10.6 Å². The van der Waals surface area contributed by atoms with Crippen LogP contribution in [-0.2, 0) is 0 Å². The lowest BCUT2D eigenvalue weighted by Gasteiger charge is -2.15. The van der Waals surface area contributed by atoms with Crippen molar-refractivity contribution in [2.24, 2.45) is 5.92 Å². The summed E-state index contributed by atoms with van der Waals surface area (Å²) in [5.74, 6) is 0.589. The summed E-state index contributed by atoms with van der Waals surface area (Å²) in [5.41, 5.74) is 1.66. The van der Waals surface area contributed by atoms with Gasteiger partial charge in [-0.05, 0) is 24.5 Å². The molecule has 19 heavy (non-hydrogen) atoms. The maximum Gasteiger partial charge on any atom is 0.253 e. The van der Waals surface area contributed by atoms with Gasteiger partial charge < -0.3 is 10.6 Å². The van der Waals surface area contributed by atoms with Gasteiger partial charge in [-0.1, -0.05) is 45.7 Å². The molecule has 106 valence electrons. The number of anilines is 1. The lowest BCUT2D eigenvalue weighted by Crippen LogP contribution is -2.29. The van der Waals surface area contributed by atoms with Crippen molar-refractivity contribution in [3.05, 3.63) is 29.8 Å². The minimum absolute atomic E-state index is 0.0195. The van der Waals surface area contributed by atoms with Gasteiger partial charge in [0.25, 0.3) is 5.91 Å². The summed E-state index contributed by atoms with van der Waals surface area (Å²) in [6, 6.07) is 7.70. The Bertz CT molecular complexity index is 386. The van der Waals surface area contributed by atoms with E-state index in [1.54, 1.807) is 0 Å². The van der Waals surface area contributed by atoms with Gasteiger partial charge in [-0.25, -0.2) is 0 Å². The number of amides is 1. The Morgan fingerprint density at radius 3 is 2.47 bits per heavy atom. The van der Waals surface area contributed by atoms with Gasteiger partial charge in [0.2, 0.25) is 0 Å². The predicted molar refractivity (Wildman–Crippen MR) is 81.6 cm³/mol. The normalized spacial score (nSPS) is 10.5. The molecule has 0 bridgehead atoms. The number of hydrogen-bond acceptors (Lipinski definition) is 2. The first kappa shape index (κ1) is 15.5. The van der Waals surface area contributed by atoms with Gasteiger partial charge in [0, 0.05) is 18.8 Å². The highest BCUT2D eigenvalue weighted by Crippen LogP contribution is 2.15. The van der Waals surface area contributed by atoms with Crippen LogP contribution in [-0.4, -0.2) is 19.0 Å². The van der Waals surface area contributed by atoms with E-state index in [0.29, 0.717) is 5.92 Å². The predicted octanol–water partition coefficient (Wildman–Crippen LogP) is 3.67. The van der Waals surface area contributed by atoms with Crippen molar-refractivity contribution in [2.75, 3.05) is 18.4 Å². The lowest BCUT2D eigenvalue weighted by molar-refractivity contribution is 0.0947. The number of hydrogen-bond donors (Lipinski definition) is 2. The third-order valence-corrected chi connectivity index (χ3v) is 3.44. The molecule has 2 N–H and O–H groups in total. The zero-order valence-corrected chi connectivity index (χ0v) is 12.3. The Kier molecular flexibility index (Phi) is 7.01. The third-order valence-electron chi connectivity index (χ3n) is 3.44. The fraction of sp³-hybridized carbons (Fsp3) is 0.562. The Hall–Kier alpha value is -1.51. The molecule has 1 aromatic rings. The standard InChI is InChI=1S/C16H26N2O/c1-4-11-17-15-10-8-7-9-14(15)16(19)18-12-13(5-2)6-3/h7-10,13,17H,4-6,11-12H2,1-3H3,(H,18,19). The van der Waals surface area contributed by atoms with Gasteiger partial charge in [0.1, 0.15) is 0 Å². The highest BCUT2D eigenvalue weighted by atomic mass is 16.1. The van der Waals surface area contributed by atoms with Crippen LogP contribution in [0.25, 0.3) is 0 Å². The van der Waals surface area contributed by atoms with Crippen molar-refractivity contribution < 1.29 is 4.79 Å². The van der Waals surface area contributed by atoms with Crippen LogP contribution in [0.4, 0.5) is 5.69 Å². The van der Waals surface area contributed by atoms with Gasteiger partial charge >= 0.3 is 0 Å². The SMILES string of the molecule is CCCNc1ccccc1C(=O)NCC(CC)CC. The summed E-state index contributed by atoms with van der Waals surface area (Å²) in [4.78, 5) is 12.2. The quantitative estimate of drug-likeness (QED) is 0.750. The second-order valence-electron chi connectivity index (χ2n) is 4.86. The molecule has 0 saturated heterocycles. The molecular weight excluding hydrogens is 236 g/mol. The van der Waals surface area contributed by atoms with Crippen LogP contribution in [0.5, 0.6) is 0 Å². The molecule has 0 unspecified atom stereocenters. The van der Waals surface area contributed by atoms with Gasteiger partial charge in [0.15, 0.2) is 0 Å². The monoisotopic (exact) mass is 262 g/mol. The molecule has 1 rings (SSSR count). The molecule has 0 fully saturated rings. The second-order valence-corrected chi connectivity index (χ2v) is 4.86. The first-order chi connectivity index (χ1) is 9.22. The largest absolute Gasteiger partial charge is 0.384 e. The first-order valence-corrected chi connectivity index (χ1v) is 7.33. The minimum Gasteiger partial charge on any atom is -0.384 e. The van der Waals surface area contributed by atoms with E-state index in [1.165, 1.54) is 0 Å². The van der Waals surface area contributed by atoms with E-state index in [4.69, 9.17) is 0 Å². The lowest BCUT2D eigenvalue weighted by atomic mass is 10.0. The van der Waals surface area contributed by atoms with Crippen LogP contribution in [0.15, 0.2) is 24.3 Å². The Labute approximate surface area is 116 Å². The average Bonchev–Trinajstić information content (AvgIpc) is 2.46. The van der Waals surface area contributed by atoms with E-state index < -0.39 is 0 Å².